The van der Waals surface area contributed by atoms with Crippen LogP contribution in [0.2, 0.25) is 0 Å². The number of unbranched alkanes of at least 4 members (excludes halogenated alkanes) is 5. The van der Waals surface area contributed by atoms with Crippen LogP contribution in [0.4, 0.5) is 4.39 Å². The van der Waals surface area contributed by atoms with E-state index in [2.05, 4.69) is 5.32 Å². The Balaban J connectivity index is 2.03. The van der Waals surface area contributed by atoms with Crippen molar-refractivity contribution in [3.8, 4) is 5.75 Å². The molecule has 1 rings (SSSR count). The molecule has 1 aromatic rings. The molecule has 7 heteroatoms. The van der Waals surface area contributed by atoms with E-state index >= 15 is 0 Å². The first-order valence-electron chi connectivity index (χ1n) is 9.91. The molecule has 1 atom stereocenters. The Hall–Kier alpha value is -2.15. The van der Waals surface area contributed by atoms with Crippen molar-refractivity contribution in [2.45, 2.75) is 57.4 Å². The third-order valence-electron chi connectivity index (χ3n) is 4.23. The molecule has 0 aromatic heterocycles. The molecule has 0 spiro atoms. The lowest BCUT2D eigenvalue weighted by Crippen LogP contribution is -2.42. The van der Waals surface area contributed by atoms with E-state index in [-0.39, 0.29) is 24.2 Å². The summed E-state index contributed by atoms with van der Waals surface area (Å²) in [5, 5.41) is 11.7. The number of carbonyl (C=O) groups is 2. The number of carbonyl (C=O) groups excluding carboxylic acids is 1. The number of carboxylic acid groups (broad SMARTS) is 1. The maximum atomic E-state index is 13.0. The Morgan fingerprint density at radius 3 is 2.46 bits per heavy atom. The molecule has 1 unspecified atom stereocenters. The van der Waals surface area contributed by atoms with Crippen molar-refractivity contribution in [2.75, 3.05) is 27.2 Å². The highest BCUT2D eigenvalue weighted by Gasteiger charge is 2.16. The zero-order valence-corrected chi connectivity index (χ0v) is 17.0. The molecule has 158 valence electrons. The number of hydrogen-bond donors (Lipinski definition) is 2. The number of hydrogen-bond acceptors (Lipinski definition) is 4. The van der Waals surface area contributed by atoms with Crippen molar-refractivity contribution in [1.82, 2.24) is 10.2 Å². The molecule has 1 aromatic carbocycles. The molecule has 0 aliphatic heterocycles. The highest BCUT2D eigenvalue weighted by molar-refractivity contribution is 5.77. The fraction of sp³-hybridized carbons (Fsp3) is 0.619. The molecule has 0 radical (unpaired) electrons. The summed E-state index contributed by atoms with van der Waals surface area (Å²) < 4.78 is 18.5. The first-order valence-corrected chi connectivity index (χ1v) is 9.91. The van der Waals surface area contributed by atoms with Gasteiger partial charge in [0.1, 0.15) is 11.6 Å². The highest BCUT2D eigenvalue weighted by atomic mass is 19.1. The Morgan fingerprint density at radius 2 is 1.82 bits per heavy atom. The van der Waals surface area contributed by atoms with Crippen molar-refractivity contribution in [3.05, 3.63) is 30.1 Å². The number of nitrogens with zero attached hydrogens (tertiary/aromatic N) is 1. The van der Waals surface area contributed by atoms with Crippen LogP contribution in [-0.2, 0) is 9.59 Å². The average molecular weight is 397 g/mol. The molecule has 0 aliphatic carbocycles. The third kappa shape index (κ3) is 12.3. The number of ether oxygens (including phenoxy) is 1. The van der Waals surface area contributed by atoms with Gasteiger partial charge in [0.25, 0.3) is 0 Å². The van der Waals surface area contributed by atoms with E-state index in [0.29, 0.717) is 25.3 Å². The lowest BCUT2D eigenvalue weighted by atomic mass is 10.1. The largest absolute Gasteiger partial charge is 0.493 e. The number of nitrogens with one attached hydrogen (secondary N) is 1. The predicted octanol–water partition coefficient (Wildman–Crippen LogP) is 3.46. The molecule has 2 N–H and O–H groups in total. The fourth-order valence-electron chi connectivity index (χ4n) is 2.95. The van der Waals surface area contributed by atoms with Crippen LogP contribution in [0.1, 0.15) is 51.4 Å². The molecule has 0 saturated heterocycles. The molecule has 0 heterocycles. The van der Waals surface area contributed by atoms with Gasteiger partial charge in [0.05, 0.1) is 19.1 Å². The minimum absolute atomic E-state index is 0.0678. The summed E-state index contributed by atoms with van der Waals surface area (Å²) in [6.07, 6.45) is 6.18. The first kappa shape index (κ1) is 23.9. The Bertz CT molecular complexity index is 596. The van der Waals surface area contributed by atoms with E-state index in [9.17, 15) is 14.0 Å². The number of amides is 1. The van der Waals surface area contributed by atoms with E-state index in [0.717, 1.165) is 38.5 Å². The molecule has 0 aliphatic rings. The van der Waals surface area contributed by atoms with Gasteiger partial charge in [-0.25, -0.2) is 4.39 Å². The SMILES string of the molecule is CN(C)CC(CC(=O)O)NC(=O)CCCCCCCCOc1cccc(F)c1. The van der Waals surface area contributed by atoms with E-state index in [4.69, 9.17) is 9.84 Å². The quantitative estimate of drug-likeness (QED) is 0.444. The molecule has 6 nitrogen and oxygen atoms in total. The Kier molecular flexibility index (Phi) is 11.9. The van der Waals surface area contributed by atoms with E-state index < -0.39 is 5.97 Å². The van der Waals surface area contributed by atoms with E-state index in [1.54, 1.807) is 12.1 Å². The Labute approximate surface area is 167 Å². The van der Waals surface area contributed by atoms with Gasteiger partial charge < -0.3 is 20.1 Å². The molecular weight excluding hydrogens is 363 g/mol. The molecule has 0 bridgehead atoms. The number of benzene rings is 1. The number of aliphatic carboxylic acids is 1. The van der Waals surface area contributed by atoms with Crippen molar-refractivity contribution in [2.24, 2.45) is 0 Å². The van der Waals surface area contributed by atoms with Gasteiger partial charge in [-0.3, -0.25) is 9.59 Å². The number of rotatable bonds is 15. The van der Waals surface area contributed by atoms with Crippen LogP contribution in [-0.4, -0.2) is 55.2 Å². The molecule has 1 amide bonds. The summed E-state index contributed by atoms with van der Waals surface area (Å²) in [7, 11) is 3.70. The smallest absolute Gasteiger partial charge is 0.305 e. The van der Waals surface area contributed by atoms with Gasteiger partial charge in [0.15, 0.2) is 0 Å². The van der Waals surface area contributed by atoms with Gasteiger partial charge in [0, 0.05) is 19.0 Å². The first-order chi connectivity index (χ1) is 13.4. The maximum Gasteiger partial charge on any atom is 0.305 e. The summed E-state index contributed by atoms with van der Waals surface area (Å²) in [5.74, 6) is -0.732. The lowest BCUT2D eigenvalue weighted by Gasteiger charge is -2.20. The molecule has 28 heavy (non-hydrogen) atoms. The summed E-state index contributed by atoms with van der Waals surface area (Å²) in [4.78, 5) is 24.7. The number of carboxylic acids is 1. The minimum atomic E-state index is -0.909. The van der Waals surface area contributed by atoms with E-state index in [1.165, 1.54) is 12.1 Å². The topological polar surface area (TPSA) is 78.9 Å². The van der Waals surface area contributed by atoms with Crippen LogP contribution in [0, 0.1) is 5.82 Å². The second-order valence-electron chi connectivity index (χ2n) is 7.30. The van der Waals surface area contributed by atoms with Crippen molar-refractivity contribution >= 4 is 11.9 Å². The average Bonchev–Trinajstić information content (AvgIpc) is 2.59. The van der Waals surface area contributed by atoms with Crippen LogP contribution in [0.5, 0.6) is 5.75 Å². The second kappa shape index (κ2) is 13.9. The predicted molar refractivity (Wildman–Crippen MR) is 107 cm³/mol. The van der Waals surface area contributed by atoms with Crippen molar-refractivity contribution < 1.29 is 23.8 Å². The van der Waals surface area contributed by atoms with Gasteiger partial charge >= 0.3 is 5.97 Å². The van der Waals surface area contributed by atoms with Gasteiger partial charge in [-0.1, -0.05) is 31.7 Å². The summed E-state index contributed by atoms with van der Waals surface area (Å²) >= 11 is 0. The van der Waals surface area contributed by atoms with Crippen LogP contribution in [0.25, 0.3) is 0 Å². The van der Waals surface area contributed by atoms with Crippen LogP contribution >= 0.6 is 0 Å². The number of likely N-dealkylation sites (N-methyl/N-ethyl adjacent to an activating group) is 1. The van der Waals surface area contributed by atoms with Crippen molar-refractivity contribution in [1.29, 1.82) is 0 Å². The van der Waals surface area contributed by atoms with Crippen LogP contribution in [0.15, 0.2) is 24.3 Å². The lowest BCUT2D eigenvalue weighted by molar-refractivity contribution is -0.137. The standard InChI is InChI=1S/C21H33FN2O4/c1-24(2)16-18(15-21(26)27)23-20(25)12-7-5-3-4-6-8-13-28-19-11-9-10-17(22)14-19/h9-11,14,18H,3-8,12-13,15-16H2,1-2H3,(H,23,25)(H,26,27). The minimum Gasteiger partial charge on any atom is -0.493 e. The van der Waals surface area contributed by atoms with E-state index in [1.807, 2.05) is 19.0 Å². The maximum absolute atomic E-state index is 13.0. The second-order valence-corrected chi connectivity index (χ2v) is 7.30. The molecule has 0 saturated carbocycles. The van der Waals surface area contributed by atoms with Gasteiger partial charge in [-0.2, -0.15) is 0 Å². The van der Waals surface area contributed by atoms with Gasteiger partial charge in [-0.05, 0) is 39.1 Å². The summed E-state index contributed by atoms with van der Waals surface area (Å²) in [6.45, 7) is 1.08. The molecule has 0 fully saturated rings. The normalized spacial score (nSPS) is 12.0. The monoisotopic (exact) mass is 396 g/mol. The fourth-order valence-corrected chi connectivity index (χ4v) is 2.95. The molecular formula is C21H33FN2O4. The van der Waals surface area contributed by atoms with Crippen molar-refractivity contribution in [3.63, 3.8) is 0 Å². The van der Waals surface area contributed by atoms with Gasteiger partial charge in [-0.15, -0.1) is 0 Å². The number of halogens is 1. The summed E-state index contributed by atoms with van der Waals surface area (Å²) in [6, 6.07) is 5.78. The summed E-state index contributed by atoms with van der Waals surface area (Å²) in [5.41, 5.74) is 0. The zero-order valence-electron chi connectivity index (χ0n) is 17.0. The van der Waals surface area contributed by atoms with Gasteiger partial charge in [0.2, 0.25) is 5.91 Å². The van der Waals surface area contributed by atoms with Crippen LogP contribution in [0.3, 0.4) is 0 Å². The van der Waals surface area contributed by atoms with Crippen LogP contribution < -0.4 is 10.1 Å². The third-order valence-corrected chi connectivity index (χ3v) is 4.23. The Morgan fingerprint density at radius 1 is 1.14 bits per heavy atom. The highest BCUT2D eigenvalue weighted by Crippen LogP contribution is 2.13. The zero-order chi connectivity index (χ0) is 20.8.